The van der Waals surface area contributed by atoms with E-state index >= 15 is 0 Å². The molecule has 4 fully saturated rings. The first kappa shape index (κ1) is 30.7. The molecule has 20 nitrogen and oxygen atoms in total. The number of aliphatic hydroxyl groups excluding tert-OH is 2. The Labute approximate surface area is 266 Å². The van der Waals surface area contributed by atoms with Gasteiger partial charge in [-0.25, -0.2) is 29.1 Å². The van der Waals surface area contributed by atoms with Gasteiger partial charge in [-0.15, -0.1) is 11.8 Å². The Balaban J connectivity index is 1.14. The first-order valence-electron chi connectivity index (χ1n) is 13.8. The third-order valence-corrected chi connectivity index (χ3v) is 13.1. The molecular formula is C22H26N10O10P2S2. The molecule has 4 aromatic heterocycles. The number of aliphatic hydroxyl groups is 2. The van der Waals surface area contributed by atoms with Gasteiger partial charge in [-0.3, -0.25) is 32.4 Å². The largest absolute Gasteiger partial charge is 0.472 e. The number of nitrogen functional groups attached to an aromatic ring is 2. The maximum atomic E-state index is 13.6. The van der Waals surface area contributed by atoms with Crippen LogP contribution in [0.25, 0.3) is 22.3 Å². The Morgan fingerprint density at radius 3 is 2.63 bits per heavy atom. The fourth-order valence-corrected chi connectivity index (χ4v) is 11.0. The van der Waals surface area contributed by atoms with E-state index in [0.717, 1.165) is 11.8 Å². The maximum absolute atomic E-state index is 13.6. The van der Waals surface area contributed by atoms with E-state index in [1.165, 1.54) is 23.5 Å². The van der Waals surface area contributed by atoms with Crippen LogP contribution in [0, 0.1) is 11.8 Å². The van der Waals surface area contributed by atoms with E-state index in [2.05, 4.69) is 42.2 Å². The number of H-pyrrole nitrogens is 1. The number of phosphoric acid groups is 1. The first-order chi connectivity index (χ1) is 21.8. The van der Waals surface area contributed by atoms with Gasteiger partial charge in [0.15, 0.2) is 22.6 Å². The highest BCUT2D eigenvalue weighted by atomic mass is 32.7. The van der Waals surface area contributed by atoms with Crippen molar-refractivity contribution >= 4 is 72.7 Å². The number of nitrogens with two attached hydrogens (primary N) is 2. The molecule has 8 rings (SSSR count). The van der Waals surface area contributed by atoms with Crippen LogP contribution in [0.15, 0.2) is 23.8 Å². The van der Waals surface area contributed by atoms with Crippen molar-refractivity contribution in [2.45, 2.75) is 47.0 Å². The summed E-state index contributed by atoms with van der Waals surface area (Å²) in [7, 11) is -4.93. The molecule has 2 saturated heterocycles. The van der Waals surface area contributed by atoms with E-state index in [1.54, 1.807) is 4.57 Å². The number of thioether (sulfide) groups is 1. The summed E-state index contributed by atoms with van der Waals surface area (Å²) in [6.07, 6.45) is -1.11. The number of hydrogen-bond donors (Lipinski definition) is 7. The molecule has 2 aliphatic heterocycles. The monoisotopic (exact) mass is 716 g/mol. The van der Waals surface area contributed by atoms with Gasteiger partial charge in [0.1, 0.15) is 35.5 Å². The number of aromatic amines is 1. The van der Waals surface area contributed by atoms with Crippen LogP contribution in [-0.2, 0) is 32.8 Å². The summed E-state index contributed by atoms with van der Waals surface area (Å²) in [4.78, 5) is 46.3. The lowest BCUT2D eigenvalue weighted by Crippen LogP contribution is -2.40. The zero-order valence-corrected chi connectivity index (χ0v) is 26.7. The molecule has 1 unspecified atom stereocenters. The fraction of sp³-hybridized carbons (Fsp3) is 0.545. The van der Waals surface area contributed by atoms with Gasteiger partial charge in [0.05, 0.1) is 42.8 Å². The fourth-order valence-electron chi connectivity index (χ4n) is 6.87. The Morgan fingerprint density at radius 1 is 1.04 bits per heavy atom. The van der Waals surface area contributed by atoms with Crippen LogP contribution in [0.1, 0.15) is 11.8 Å². The number of nitrogens with zero attached hydrogens (tertiary/aromatic N) is 7. The number of imidazole rings is 2. The van der Waals surface area contributed by atoms with E-state index in [0.29, 0.717) is 17.6 Å². The average Bonchev–Trinajstić information content (AvgIpc) is 3.25. The molecule has 0 aromatic carbocycles. The summed E-state index contributed by atoms with van der Waals surface area (Å²) in [6, 6.07) is 0. The topological polar surface area (TPSA) is 291 Å². The zero-order valence-electron chi connectivity index (χ0n) is 23.2. The average molecular weight is 717 g/mol. The molecule has 246 valence electrons. The molecular weight excluding hydrogens is 690 g/mol. The minimum Gasteiger partial charge on any atom is -0.389 e. The van der Waals surface area contributed by atoms with E-state index in [1.807, 2.05) is 0 Å². The maximum Gasteiger partial charge on any atom is 0.472 e. The SMILES string of the molecule is Nc1nc2c(ncn2[C@@H]2S[C@@H]3CO[P@](=O)(S)O[C@@H]4[C@@H](COP(=O)(O)O[C@@H]2[C@@H]3O)[C@@H]2C[C@]2(n2cnc3c(N)ncnc32)[C@@H]4O)c(=O)[nH]1. The van der Waals surface area contributed by atoms with Gasteiger partial charge in [-0.05, 0) is 12.3 Å². The van der Waals surface area contributed by atoms with Gasteiger partial charge in [0.25, 0.3) is 5.56 Å². The lowest BCUT2D eigenvalue weighted by molar-refractivity contribution is -0.0194. The standard InChI is InChI=1S/C22H26N10O10P2S2/c23-16-10-17(26-4-25-16)32(6-28-10)22-1-8(22)7-2-39-43(36,37)41-14-12(33)9(3-40-44(38,45)42-13(7)15(22)34)46-20(14)31-5-27-11-18(31)29-21(24)30-19(11)35/h4-9,12-15,20,33-34H,1-3H2,(H,36,37)(H,38,45)(H2,23,25,26)(H3,24,29,30,35)/t7-,8-,9+,12+,13+,14+,15+,20+,22+,44-/m0/s1. The Hall–Kier alpha value is -2.62. The van der Waals surface area contributed by atoms with E-state index in [4.69, 9.17) is 29.6 Å². The molecule has 2 aliphatic carbocycles. The van der Waals surface area contributed by atoms with E-state index in [9.17, 15) is 29.0 Å². The third kappa shape index (κ3) is 4.66. The summed E-state index contributed by atoms with van der Waals surface area (Å²) in [5, 5.41) is 21.0. The van der Waals surface area contributed by atoms with Crippen molar-refractivity contribution in [1.29, 1.82) is 0 Å². The molecule has 2 saturated carbocycles. The number of anilines is 2. The van der Waals surface area contributed by atoms with Crippen molar-refractivity contribution < 1.29 is 42.3 Å². The summed E-state index contributed by atoms with van der Waals surface area (Å²) in [5.74, 6) is -1.28. The second kappa shape index (κ2) is 10.4. The highest BCUT2D eigenvalue weighted by Crippen LogP contribution is 2.69. The van der Waals surface area contributed by atoms with Crippen molar-refractivity contribution in [2.24, 2.45) is 11.8 Å². The lowest BCUT2D eigenvalue weighted by Gasteiger charge is -2.30. The number of nitrogens with one attached hydrogen (secondary N) is 1. The molecule has 6 heterocycles. The molecule has 11 atom stereocenters. The van der Waals surface area contributed by atoms with E-state index in [-0.39, 0.29) is 22.9 Å². The van der Waals surface area contributed by atoms with E-state index < -0.39 is 85.8 Å². The highest BCUT2D eigenvalue weighted by molar-refractivity contribution is 8.44. The smallest absolute Gasteiger partial charge is 0.389 e. The number of thiol groups is 1. The summed E-state index contributed by atoms with van der Waals surface area (Å²) in [5.41, 5.74) is 10.7. The van der Waals surface area contributed by atoms with Crippen LogP contribution in [0.3, 0.4) is 0 Å². The minimum atomic E-state index is -4.93. The van der Waals surface area contributed by atoms with Gasteiger partial charge < -0.3 is 31.1 Å². The predicted octanol–water partition coefficient (Wildman–Crippen LogP) is -0.240. The lowest BCUT2D eigenvalue weighted by atomic mass is 10.0. The second-order valence-corrected chi connectivity index (χ2v) is 17.1. The van der Waals surface area contributed by atoms with Crippen molar-refractivity contribution in [3.05, 3.63) is 29.3 Å². The van der Waals surface area contributed by atoms with Crippen LogP contribution in [0.4, 0.5) is 11.8 Å². The van der Waals surface area contributed by atoms with Gasteiger partial charge in [-0.1, -0.05) is 12.2 Å². The van der Waals surface area contributed by atoms with Crippen molar-refractivity contribution in [3.8, 4) is 0 Å². The number of phosphoric ester groups is 1. The Morgan fingerprint density at radius 2 is 1.83 bits per heavy atom. The normalized spacial score (nSPS) is 41.0. The number of hydrogen-bond acceptors (Lipinski definition) is 17. The van der Waals surface area contributed by atoms with Crippen LogP contribution >= 0.6 is 38.6 Å². The summed E-state index contributed by atoms with van der Waals surface area (Å²) < 4.78 is 52.5. The zero-order chi connectivity index (χ0) is 32.3. The van der Waals surface area contributed by atoms with Gasteiger partial charge >= 0.3 is 14.6 Å². The molecule has 8 N–H and O–H groups in total. The minimum absolute atomic E-state index is 0.0334. The first-order valence-corrected chi connectivity index (χ1v) is 18.9. The quantitative estimate of drug-likeness (QED) is 0.104. The van der Waals surface area contributed by atoms with Crippen LogP contribution in [0.2, 0.25) is 0 Å². The Kier molecular flexibility index (Phi) is 6.97. The van der Waals surface area contributed by atoms with Crippen molar-refractivity contribution in [1.82, 2.24) is 39.0 Å². The Bertz CT molecular complexity index is 2050. The molecule has 46 heavy (non-hydrogen) atoms. The third-order valence-electron chi connectivity index (χ3n) is 8.98. The van der Waals surface area contributed by atoms with Crippen LogP contribution in [-0.4, -0.2) is 97.0 Å². The highest BCUT2D eigenvalue weighted by Gasteiger charge is 2.74. The van der Waals surface area contributed by atoms with Gasteiger partial charge in [0, 0.05) is 5.92 Å². The number of aromatic nitrogens is 8. The molecule has 0 amide bonds. The molecule has 0 spiro atoms. The van der Waals surface area contributed by atoms with Crippen molar-refractivity contribution in [3.63, 3.8) is 0 Å². The molecule has 4 aliphatic rings. The molecule has 0 radical (unpaired) electrons. The second-order valence-electron chi connectivity index (χ2n) is 11.5. The van der Waals surface area contributed by atoms with Gasteiger partial charge in [-0.2, -0.15) is 4.98 Å². The number of fused-ring (bicyclic) bond motifs is 7. The molecule has 2 bridgehead atoms. The summed E-state index contributed by atoms with van der Waals surface area (Å²) >= 11 is 5.17. The predicted molar refractivity (Wildman–Crippen MR) is 162 cm³/mol. The van der Waals surface area contributed by atoms with Crippen molar-refractivity contribution in [2.75, 3.05) is 24.7 Å². The summed E-state index contributed by atoms with van der Waals surface area (Å²) in [6.45, 7) is -5.12. The van der Waals surface area contributed by atoms with Crippen LogP contribution in [0.5, 0.6) is 0 Å². The molecule has 24 heteroatoms. The molecule has 4 aromatic rings. The number of rotatable bonds is 2. The van der Waals surface area contributed by atoms with Gasteiger partial charge in [0.2, 0.25) is 5.95 Å². The van der Waals surface area contributed by atoms with Crippen LogP contribution < -0.4 is 17.0 Å².